The standard InChI is InChI=1S/C7H13N4O3/c1-6(12)10-5-3-4-9(2)7(10)8-11(13)14/h13H,3-5H2,1-2H3/q-1. The van der Waals surface area contributed by atoms with Crippen LogP contribution in [0.15, 0.2) is 5.10 Å². The van der Waals surface area contributed by atoms with E-state index in [9.17, 15) is 10.0 Å². The van der Waals surface area contributed by atoms with Gasteiger partial charge in [-0.25, -0.2) is 5.34 Å². The fraction of sp³-hybridized carbons (Fsp3) is 0.714. The van der Waals surface area contributed by atoms with E-state index in [1.807, 2.05) is 0 Å². The maximum absolute atomic E-state index is 11.2. The molecule has 0 aromatic carbocycles. The van der Waals surface area contributed by atoms with Crippen LogP contribution in [0.5, 0.6) is 0 Å². The van der Waals surface area contributed by atoms with Crippen molar-refractivity contribution < 1.29 is 10.0 Å². The molecule has 1 N–H and O–H groups in total. The maximum atomic E-state index is 11.2. The highest BCUT2D eigenvalue weighted by Gasteiger charge is 2.24. The highest BCUT2D eigenvalue weighted by Crippen LogP contribution is 2.08. The summed E-state index contributed by atoms with van der Waals surface area (Å²) in [5, 5.41) is 21.6. The first-order valence-corrected chi connectivity index (χ1v) is 4.26. The maximum Gasteiger partial charge on any atom is 0.227 e. The third-order valence-corrected chi connectivity index (χ3v) is 2.01. The molecule has 1 saturated heterocycles. The second-order valence-electron chi connectivity index (χ2n) is 3.10. The van der Waals surface area contributed by atoms with Crippen molar-refractivity contribution in [1.29, 1.82) is 0 Å². The van der Waals surface area contributed by atoms with Gasteiger partial charge in [0.1, 0.15) is 0 Å². The van der Waals surface area contributed by atoms with Gasteiger partial charge in [0.2, 0.25) is 11.9 Å². The molecule has 0 aromatic rings. The third-order valence-electron chi connectivity index (χ3n) is 2.01. The first kappa shape index (κ1) is 10.7. The zero-order chi connectivity index (χ0) is 10.7. The van der Waals surface area contributed by atoms with Crippen LogP contribution in [0.25, 0.3) is 0 Å². The van der Waals surface area contributed by atoms with Gasteiger partial charge in [-0.1, -0.05) is 0 Å². The molecule has 0 saturated carbocycles. The summed E-state index contributed by atoms with van der Waals surface area (Å²) in [5.74, 6) is -0.0154. The summed E-state index contributed by atoms with van der Waals surface area (Å²) in [6.07, 6.45) is 0.819. The molecule has 1 aliphatic rings. The van der Waals surface area contributed by atoms with Crippen molar-refractivity contribution in [3.63, 3.8) is 0 Å². The average molecular weight is 201 g/mol. The number of hydrogen-bond acceptors (Lipinski definition) is 5. The lowest BCUT2D eigenvalue weighted by Gasteiger charge is -2.35. The van der Waals surface area contributed by atoms with Gasteiger partial charge in [-0.05, 0) is 6.42 Å². The van der Waals surface area contributed by atoms with Crippen molar-refractivity contribution in [2.75, 3.05) is 20.1 Å². The van der Waals surface area contributed by atoms with Gasteiger partial charge in [0.15, 0.2) is 0 Å². The van der Waals surface area contributed by atoms with Crippen molar-refractivity contribution >= 4 is 11.9 Å². The van der Waals surface area contributed by atoms with E-state index in [1.165, 1.54) is 11.8 Å². The molecular weight excluding hydrogens is 188 g/mol. The van der Waals surface area contributed by atoms with Crippen LogP contribution in [0.2, 0.25) is 0 Å². The monoisotopic (exact) mass is 201 g/mol. The van der Waals surface area contributed by atoms with Gasteiger partial charge in [-0.15, -0.1) is 5.10 Å². The number of amides is 1. The van der Waals surface area contributed by atoms with Gasteiger partial charge in [0, 0.05) is 27.1 Å². The fourth-order valence-corrected chi connectivity index (χ4v) is 1.38. The lowest BCUT2D eigenvalue weighted by atomic mass is 10.3. The number of rotatable bonds is 1. The lowest BCUT2D eigenvalue weighted by Crippen LogP contribution is -2.51. The molecule has 14 heavy (non-hydrogen) atoms. The van der Waals surface area contributed by atoms with Crippen molar-refractivity contribution in [2.24, 2.45) is 5.10 Å². The molecule has 1 heterocycles. The third kappa shape index (κ3) is 2.33. The number of carbonyl (C=O) groups excluding carboxylic acids is 1. The zero-order valence-corrected chi connectivity index (χ0v) is 8.17. The zero-order valence-electron chi connectivity index (χ0n) is 8.17. The Morgan fingerprint density at radius 3 is 2.79 bits per heavy atom. The summed E-state index contributed by atoms with van der Waals surface area (Å²) in [4.78, 5) is 14.1. The summed E-state index contributed by atoms with van der Waals surface area (Å²) in [7, 11) is 1.71. The molecule has 80 valence electrons. The van der Waals surface area contributed by atoms with Crippen molar-refractivity contribution in [3.8, 4) is 0 Å². The fourth-order valence-electron chi connectivity index (χ4n) is 1.38. The second kappa shape index (κ2) is 4.25. The molecule has 1 amide bonds. The molecule has 1 rings (SSSR count). The van der Waals surface area contributed by atoms with Crippen LogP contribution in [0.1, 0.15) is 13.3 Å². The van der Waals surface area contributed by atoms with Crippen LogP contribution in [-0.2, 0) is 4.79 Å². The first-order chi connectivity index (χ1) is 6.52. The number of carbonyl (C=O) groups is 1. The Morgan fingerprint density at radius 2 is 2.29 bits per heavy atom. The molecule has 0 unspecified atom stereocenters. The van der Waals surface area contributed by atoms with Gasteiger partial charge in [-0.3, -0.25) is 14.9 Å². The van der Waals surface area contributed by atoms with Crippen LogP contribution < -0.4 is 0 Å². The van der Waals surface area contributed by atoms with Gasteiger partial charge < -0.3 is 10.1 Å². The largest absolute Gasteiger partial charge is 0.716 e. The molecule has 0 radical (unpaired) electrons. The Bertz CT molecular complexity index is 253. The van der Waals surface area contributed by atoms with Crippen molar-refractivity contribution in [3.05, 3.63) is 5.21 Å². The molecular formula is C7H13N4O3-. The van der Waals surface area contributed by atoms with Crippen molar-refractivity contribution in [1.82, 2.24) is 15.1 Å². The Hall–Kier alpha value is -1.34. The Kier molecular flexibility index (Phi) is 3.26. The number of hydrazone groups is 1. The summed E-state index contributed by atoms with van der Waals surface area (Å²) in [6.45, 7) is 2.62. The summed E-state index contributed by atoms with van der Waals surface area (Å²) in [6, 6.07) is 0. The topological polar surface area (TPSA) is 82.4 Å². The van der Waals surface area contributed by atoms with Crippen LogP contribution in [0.3, 0.4) is 0 Å². The highest BCUT2D eigenvalue weighted by atomic mass is 16.8. The minimum atomic E-state index is -0.535. The minimum Gasteiger partial charge on any atom is -0.716 e. The van der Waals surface area contributed by atoms with Crippen LogP contribution in [0.4, 0.5) is 0 Å². The highest BCUT2D eigenvalue weighted by molar-refractivity contribution is 5.96. The average Bonchev–Trinajstić information content (AvgIpc) is 2.07. The molecule has 0 aromatic heterocycles. The molecule has 0 spiro atoms. The van der Waals surface area contributed by atoms with Crippen LogP contribution >= 0.6 is 0 Å². The molecule has 0 aliphatic carbocycles. The van der Waals surface area contributed by atoms with E-state index in [0.717, 1.165) is 6.42 Å². The van der Waals surface area contributed by atoms with E-state index in [-0.39, 0.29) is 11.9 Å². The van der Waals surface area contributed by atoms with Crippen LogP contribution in [0, 0.1) is 5.21 Å². The normalized spacial score (nSPS) is 20.1. The van der Waals surface area contributed by atoms with Crippen LogP contribution in [-0.4, -0.2) is 52.3 Å². The molecule has 7 heteroatoms. The quantitative estimate of drug-likeness (QED) is 0.585. The minimum absolute atomic E-state index is 0.182. The summed E-state index contributed by atoms with van der Waals surface area (Å²) in [5.41, 5.74) is 0. The summed E-state index contributed by atoms with van der Waals surface area (Å²) < 4.78 is 0. The predicted molar refractivity (Wildman–Crippen MR) is 49.1 cm³/mol. The van der Waals surface area contributed by atoms with Gasteiger partial charge in [0.25, 0.3) is 0 Å². The molecule has 0 bridgehead atoms. The van der Waals surface area contributed by atoms with E-state index in [0.29, 0.717) is 13.1 Å². The SMILES string of the molecule is CC(=O)N1CCCN(C)C1=NN([O-])O. The van der Waals surface area contributed by atoms with Gasteiger partial charge in [0.05, 0.1) is 0 Å². The molecule has 1 fully saturated rings. The van der Waals surface area contributed by atoms with E-state index in [2.05, 4.69) is 5.10 Å². The first-order valence-electron chi connectivity index (χ1n) is 4.26. The number of nitrogens with zero attached hydrogens (tertiary/aromatic N) is 4. The predicted octanol–water partition coefficient (Wildman–Crippen LogP) is -0.370. The molecule has 7 nitrogen and oxygen atoms in total. The molecule has 0 atom stereocenters. The Morgan fingerprint density at radius 1 is 1.64 bits per heavy atom. The Balaban J connectivity index is 2.86. The smallest absolute Gasteiger partial charge is 0.227 e. The van der Waals surface area contributed by atoms with Gasteiger partial charge in [-0.2, -0.15) is 0 Å². The second-order valence-corrected chi connectivity index (χ2v) is 3.10. The Labute approximate surface area is 81.7 Å². The van der Waals surface area contributed by atoms with Gasteiger partial charge >= 0.3 is 0 Å². The van der Waals surface area contributed by atoms with Crippen molar-refractivity contribution in [2.45, 2.75) is 13.3 Å². The van der Waals surface area contributed by atoms with E-state index >= 15 is 0 Å². The van der Waals surface area contributed by atoms with E-state index < -0.39 is 5.34 Å². The number of hydrogen-bond donors (Lipinski definition) is 1. The van der Waals surface area contributed by atoms with E-state index in [4.69, 9.17) is 5.21 Å². The number of guanidine groups is 1. The van der Waals surface area contributed by atoms with E-state index in [1.54, 1.807) is 11.9 Å². The lowest BCUT2D eigenvalue weighted by molar-refractivity contribution is -0.126. The summed E-state index contributed by atoms with van der Waals surface area (Å²) >= 11 is 0. The molecule has 1 aliphatic heterocycles.